The molecule has 0 saturated heterocycles. The first kappa shape index (κ1) is 54.3. The number of nitrogens with one attached hydrogen (secondary N) is 2. The van der Waals surface area contributed by atoms with Crippen LogP contribution in [-0.2, 0) is 12.8 Å². The maximum absolute atomic E-state index is 5.06. The highest BCUT2D eigenvalue weighted by Gasteiger charge is 2.30. The van der Waals surface area contributed by atoms with Gasteiger partial charge in [0.25, 0.3) is 0 Å². The molecule has 360 valence electrons. The van der Waals surface area contributed by atoms with Crippen molar-refractivity contribution < 1.29 is 0 Å². The fourth-order valence-corrected chi connectivity index (χ4v) is 14.8. The largest absolute Gasteiger partial charge is 0.309 e. The van der Waals surface area contributed by atoms with Crippen molar-refractivity contribution in [2.75, 3.05) is 9.44 Å². The lowest BCUT2D eigenvalue weighted by atomic mass is 9.89. The number of fused-ring (bicyclic) bond motifs is 2. The molecule has 0 saturated carbocycles. The predicted molar refractivity (Wildman–Crippen MR) is 299 cm³/mol. The Morgan fingerprint density at radius 2 is 0.734 bits per heavy atom. The number of anilines is 2. The lowest BCUT2D eigenvalue weighted by Crippen LogP contribution is -2.05. The van der Waals surface area contributed by atoms with E-state index in [0.717, 1.165) is 47.1 Å². The van der Waals surface area contributed by atoms with Crippen molar-refractivity contribution in [3.05, 3.63) is 30.8 Å². The van der Waals surface area contributed by atoms with E-state index in [1.165, 1.54) is 257 Å². The van der Waals surface area contributed by atoms with Crippen LogP contribution < -0.4 is 9.44 Å². The van der Waals surface area contributed by atoms with Crippen LogP contribution in [0.3, 0.4) is 0 Å². The van der Waals surface area contributed by atoms with Gasteiger partial charge in [-0.1, -0.05) is 233 Å². The Labute approximate surface area is 425 Å². The molecule has 0 spiro atoms. The van der Waals surface area contributed by atoms with E-state index in [4.69, 9.17) is 8.75 Å². The summed E-state index contributed by atoms with van der Waals surface area (Å²) < 4.78 is 20.1. The molecule has 0 radical (unpaired) electrons. The summed E-state index contributed by atoms with van der Waals surface area (Å²) in [4.78, 5) is 2.58. The Bertz CT molecular complexity index is 1720. The van der Waals surface area contributed by atoms with Crippen LogP contribution in [0.5, 0.6) is 0 Å². The number of hydrogen-bond donors (Lipinski definition) is 2. The molecule has 2 unspecified atom stereocenters. The van der Waals surface area contributed by atoms with Crippen molar-refractivity contribution in [1.29, 1.82) is 0 Å². The standard InChI is InChI=1S/C54H86Br2N4S4/c1-5-9-13-17-21-23-27-31-35-41(33-29-25-19-15-11-7-3)37-43-39-45(61-53(43)55)47-49-51(59-63-57-49)48(52-50(47)58-64-60-52)46-40-44(54(56)62-46)38-42(34-30-26-20-16-12-8-4)36-32-28-24-22-18-14-10-6-2/h39-42,57,59H,5-38H2,1-4H3. The smallest absolute Gasteiger partial charge is 0.116 e. The molecule has 1 aliphatic rings. The van der Waals surface area contributed by atoms with E-state index in [1.54, 1.807) is 12.1 Å². The van der Waals surface area contributed by atoms with E-state index in [1.807, 2.05) is 22.7 Å². The van der Waals surface area contributed by atoms with Gasteiger partial charge in [-0.05, 0) is 79.8 Å². The minimum atomic E-state index is 0.742. The molecule has 4 heterocycles. The van der Waals surface area contributed by atoms with E-state index in [2.05, 4.69) is 81.1 Å². The lowest BCUT2D eigenvalue weighted by Gasteiger charge is -2.17. The zero-order chi connectivity index (χ0) is 45.2. The molecule has 0 bridgehead atoms. The van der Waals surface area contributed by atoms with Crippen LogP contribution in [0, 0.1) is 11.8 Å². The molecule has 0 fully saturated rings. The van der Waals surface area contributed by atoms with E-state index in [0.29, 0.717) is 0 Å². The minimum absolute atomic E-state index is 0.742. The summed E-state index contributed by atoms with van der Waals surface area (Å²) >= 11 is 14.9. The third kappa shape index (κ3) is 18.0. The first-order valence-corrected chi connectivity index (χ1v) is 31.3. The second kappa shape index (κ2) is 32.2. The fraction of sp³-hybridized carbons (Fsp3) is 0.741. The molecule has 4 aromatic rings. The maximum Gasteiger partial charge on any atom is 0.116 e. The van der Waals surface area contributed by atoms with E-state index in [-0.39, 0.29) is 0 Å². The molecule has 4 nitrogen and oxygen atoms in total. The molecule has 5 rings (SSSR count). The van der Waals surface area contributed by atoms with Gasteiger partial charge in [0, 0.05) is 20.9 Å². The lowest BCUT2D eigenvalue weighted by molar-refractivity contribution is 0.400. The van der Waals surface area contributed by atoms with Gasteiger partial charge in [0.15, 0.2) is 0 Å². The van der Waals surface area contributed by atoms with Crippen LogP contribution in [-0.4, -0.2) is 8.75 Å². The van der Waals surface area contributed by atoms with Gasteiger partial charge < -0.3 is 9.44 Å². The Morgan fingerprint density at radius 3 is 1.05 bits per heavy atom. The molecular weight excluding hydrogens is 993 g/mol. The Balaban J connectivity index is 1.31. The minimum Gasteiger partial charge on any atom is -0.309 e. The number of thiophene rings is 2. The van der Waals surface area contributed by atoms with Gasteiger partial charge in [0.05, 0.1) is 42.8 Å². The summed E-state index contributed by atoms with van der Waals surface area (Å²) in [7, 11) is 0. The normalized spacial score (nSPS) is 13.5. The maximum atomic E-state index is 5.06. The zero-order valence-corrected chi connectivity index (χ0v) is 47.1. The summed E-state index contributed by atoms with van der Waals surface area (Å²) in [5.41, 5.74) is 9.71. The Kier molecular flexibility index (Phi) is 27.3. The average molecular weight is 1080 g/mol. The van der Waals surface area contributed by atoms with E-state index >= 15 is 0 Å². The number of hydrogen-bond acceptors (Lipinski definition) is 8. The summed E-state index contributed by atoms with van der Waals surface area (Å²) in [6.45, 7) is 9.27. The monoisotopic (exact) mass is 1080 g/mol. The molecule has 0 aliphatic carbocycles. The molecule has 10 heteroatoms. The van der Waals surface area contributed by atoms with Crippen molar-refractivity contribution in [3.63, 3.8) is 0 Å². The van der Waals surface area contributed by atoms with Gasteiger partial charge in [-0.15, -0.1) is 22.7 Å². The number of aromatic nitrogens is 2. The quantitative estimate of drug-likeness (QED) is 0.0346. The van der Waals surface area contributed by atoms with Gasteiger partial charge in [-0.25, -0.2) is 0 Å². The van der Waals surface area contributed by atoms with Gasteiger partial charge in [0.1, 0.15) is 11.0 Å². The number of rotatable bonds is 38. The average Bonchev–Trinajstić information content (AvgIpc) is 4.12. The Hall–Kier alpha value is -0.650. The van der Waals surface area contributed by atoms with Crippen molar-refractivity contribution >= 4 is 101 Å². The van der Waals surface area contributed by atoms with Crippen LogP contribution >= 0.6 is 78.4 Å². The molecule has 1 aromatic carbocycles. The summed E-state index contributed by atoms with van der Waals surface area (Å²) in [5.74, 6) is 1.48. The second-order valence-electron chi connectivity index (χ2n) is 19.4. The first-order valence-electron chi connectivity index (χ1n) is 26.6. The van der Waals surface area contributed by atoms with Crippen molar-refractivity contribution in [2.24, 2.45) is 11.8 Å². The van der Waals surface area contributed by atoms with Crippen molar-refractivity contribution in [1.82, 2.24) is 8.75 Å². The molecule has 1 aliphatic heterocycles. The highest BCUT2D eigenvalue weighted by molar-refractivity contribution is 9.11. The number of benzene rings is 1. The number of nitrogens with zero attached hydrogens (tertiary/aromatic N) is 2. The van der Waals surface area contributed by atoms with E-state index < -0.39 is 0 Å². The molecule has 0 amide bonds. The fourth-order valence-electron chi connectivity index (χ4n) is 10.0. The number of unbranched alkanes of at least 4 members (excludes halogenated alkanes) is 24. The van der Waals surface area contributed by atoms with Gasteiger partial charge in [-0.3, -0.25) is 0 Å². The van der Waals surface area contributed by atoms with Crippen LogP contribution in [0.15, 0.2) is 19.7 Å². The SMILES string of the molecule is CCCCCCCCCCC(CCCCCCCC)Cc1cc(-c2c3c(c(-c4cc(CC(CCCCCCCC)CCCCCCCCCC)c(Br)s4)c4nsnc24)NSN3)sc1Br. The molecule has 2 atom stereocenters. The van der Waals surface area contributed by atoms with Gasteiger partial charge in [-0.2, -0.15) is 8.75 Å². The van der Waals surface area contributed by atoms with Crippen LogP contribution in [0.4, 0.5) is 11.4 Å². The zero-order valence-electron chi connectivity index (χ0n) is 40.6. The molecular formula is C54H86Br2N4S4. The van der Waals surface area contributed by atoms with Crippen LogP contribution in [0.1, 0.15) is 244 Å². The predicted octanol–water partition coefficient (Wildman–Crippen LogP) is 22.0. The van der Waals surface area contributed by atoms with Crippen LogP contribution in [0.25, 0.3) is 31.9 Å². The highest BCUT2D eigenvalue weighted by Crippen LogP contribution is 2.55. The first-order chi connectivity index (χ1) is 31.5. The van der Waals surface area contributed by atoms with Gasteiger partial charge >= 0.3 is 0 Å². The highest BCUT2D eigenvalue weighted by atomic mass is 79.9. The molecule has 3 aromatic heterocycles. The summed E-state index contributed by atoms with van der Waals surface area (Å²) in [6.07, 6.45) is 46.5. The number of halogens is 2. The van der Waals surface area contributed by atoms with E-state index in [9.17, 15) is 0 Å². The van der Waals surface area contributed by atoms with Gasteiger partial charge in [0.2, 0.25) is 0 Å². The second-order valence-corrected chi connectivity index (χ2v) is 25.2. The summed E-state index contributed by atoms with van der Waals surface area (Å²) in [5, 5.41) is 0. The van der Waals surface area contributed by atoms with Crippen molar-refractivity contribution in [2.45, 2.75) is 246 Å². The topological polar surface area (TPSA) is 49.8 Å². The van der Waals surface area contributed by atoms with Crippen LogP contribution in [0.2, 0.25) is 0 Å². The summed E-state index contributed by atoms with van der Waals surface area (Å²) in [6, 6.07) is 4.98. The molecule has 2 N–H and O–H groups in total. The molecule has 64 heavy (non-hydrogen) atoms. The third-order valence-electron chi connectivity index (χ3n) is 13.9. The Morgan fingerprint density at radius 1 is 0.438 bits per heavy atom. The third-order valence-corrected chi connectivity index (χ3v) is 19.0. The van der Waals surface area contributed by atoms with Crippen molar-refractivity contribution in [3.8, 4) is 20.9 Å².